The van der Waals surface area contributed by atoms with Crippen molar-refractivity contribution in [1.29, 1.82) is 0 Å². The summed E-state index contributed by atoms with van der Waals surface area (Å²) < 4.78 is 5.54. The average molecular weight is 306 g/mol. The standard InChI is InChI=1S/C16H13Cl2NO/c1-10-13(17)6-4-7-14(10)19-9-12-11-5-2-3-8-15(11)20-16(12)18/h2-8,19H,9H2,1H3. The molecule has 20 heavy (non-hydrogen) atoms. The summed E-state index contributed by atoms with van der Waals surface area (Å²) in [7, 11) is 0. The number of hydrogen-bond donors (Lipinski definition) is 1. The van der Waals surface area contributed by atoms with Crippen LogP contribution in [-0.4, -0.2) is 0 Å². The lowest BCUT2D eigenvalue weighted by Gasteiger charge is -2.10. The highest BCUT2D eigenvalue weighted by atomic mass is 35.5. The number of hydrogen-bond acceptors (Lipinski definition) is 2. The van der Waals surface area contributed by atoms with Gasteiger partial charge < -0.3 is 9.73 Å². The number of benzene rings is 2. The Morgan fingerprint density at radius 2 is 1.85 bits per heavy atom. The van der Waals surface area contributed by atoms with E-state index in [1.54, 1.807) is 0 Å². The average Bonchev–Trinajstić information content (AvgIpc) is 2.76. The molecule has 1 heterocycles. The van der Waals surface area contributed by atoms with Gasteiger partial charge in [-0.3, -0.25) is 0 Å². The summed E-state index contributed by atoms with van der Waals surface area (Å²) in [5, 5.41) is 5.57. The van der Waals surface area contributed by atoms with E-state index < -0.39 is 0 Å². The molecule has 0 bridgehead atoms. The Bertz CT molecular complexity index is 764. The van der Waals surface area contributed by atoms with Gasteiger partial charge in [0.2, 0.25) is 0 Å². The quantitative estimate of drug-likeness (QED) is 0.675. The van der Waals surface area contributed by atoms with Gasteiger partial charge in [-0.1, -0.05) is 35.9 Å². The number of para-hydroxylation sites is 1. The largest absolute Gasteiger partial charge is 0.444 e. The molecule has 0 aliphatic rings. The summed E-state index contributed by atoms with van der Waals surface area (Å²) in [5.41, 5.74) is 3.79. The third kappa shape index (κ3) is 2.37. The van der Waals surface area contributed by atoms with Gasteiger partial charge in [-0.05, 0) is 42.3 Å². The van der Waals surface area contributed by atoms with Gasteiger partial charge in [0.05, 0.1) is 0 Å². The monoisotopic (exact) mass is 305 g/mol. The van der Waals surface area contributed by atoms with Crippen molar-refractivity contribution in [2.45, 2.75) is 13.5 Å². The second-order valence-corrected chi connectivity index (χ2v) is 5.37. The van der Waals surface area contributed by atoms with E-state index in [0.29, 0.717) is 11.8 Å². The molecule has 102 valence electrons. The van der Waals surface area contributed by atoms with Gasteiger partial charge in [-0.2, -0.15) is 0 Å². The predicted molar refractivity (Wildman–Crippen MR) is 84.7 cm³/mol. The van der Waals surface area contributed by atoms with Crippen molar-refractivity contribution in [2.24, 2.45) is 0 Å². The number of halogens is 2. The Morgan fingerprint density at radius 1 is 1.05 bits per heavy atom. The fraction of sp³-hybridized carbons (Fsp3) is 0.125. The molecule has 3 aromatic rings. The zero-order valence-electron chi connectivity index (χ0n) is 10.9. The number of rotatable bonds is 3. The van der Waals surface area contributed by atoms with Gasteiger partial charge in [0.15, 0.2) is 5.22 Å². The maximum atomic E-state index is 6.17. The van der Waals surface area contributed by atoms with Crippen molar-refractivity contribution in [2.75, 3.05) is 5.32 Å². The van der Waals surface area contributed by atoms with Crippen LogP contribution < -0.4 is 5.32 Å². The van der Waals surface area contributed by atoms with Crippen molar-refractivity contribution in [1.82, 2.24) is 0 Å². The minimum absolute atomic E-state index is 0.429. The fourth-order valence-electron chi connectivity index (χ4n) is 2.22. The van der Waals surface area contributed by atoms with Crippen LogP contribution in [0, 0.1) is 6.92 Å². The number of nitrogens with one attached hydrogen (secondary N) is 1. The second-order valence-electron chi connectivity index (χ2n) is 4.62. The molecule has 2 aromatic carbocycles. The molecule has 1 aromatic heterocycles. The third-order valence-electron chi connectivity index (χ3n) is 3.37. The molecule has 1 N–H and O–H groups in total. The molecule has 0 unspecified atom stereocenters. The van der Waals surface area contributed by atoms with Gasteiger partial charge in [0.25, 0.3) is 0 Å². The Balaban J connectivity index is 1.90. The van der Waals surface area contributed by atoms with Crippen LogP contribution in [0.1, 0.15) is 11.1 Å². The minimum atomic E-state index is 0.429. The van der Waals surface area contributed by atoms with E-state index in [1.165, 1.54) is 0 Å². The molecule has 0 spiro atoms. The van der Waals surface area contributed by atoms with Gasteiger partial charge in [-0.25, -0.2) is 0 Å². The van der Waals surface area contributed by atoms with Crippen LogP contribution in [-0.2, 0) is 6.54 Å². The molecular weight excluding hydrogens is 293 g/mol. The van der Waals surface area contributed by atoms with E-state index in [4.69, 9.17) is 27.6 Å². The summed E-state index contributed by atoms with van der Waals surface area (Å²) >= 11 is 12.3. The minimum Gasteiger partial charge on any atom is -0.444 e. The number of furan rings is 1. The van der Waals surface area contributed by atoms with Crippen molar-refractivity contribution >= 4 is 39.9 Å². The first kappa shape index (κ1) is 13.3. The molecule has 4 heteroatoms. The first-order valence-corrected chi connectivity index (χ1v) is 7.07. The lowest BCUT2D eigenvalue weighted by atomic mass is 10.1. The molecule has 0 saturated heterocycles. The molecule has 0 fully saturated rings. The summed E-state index contributed by atoms with van der Waals surface area (Å²) in [6, 6.07) is 13.6. The molecular formula is C16H13Cl2NO. The van der Waals surface area contributed by atoms with Crippen LogP contribution in [0.15, 0.2) is 46.9 Å². The van der Waals surface area contributed by atoms with Gasteiger partial charge in [0.1, 0.15) is 5.58 Å². The van der Waals surface area contributed by atoms with Gasteiger partial charge in [-0.15, -0.1) is 0 Å². The highest BCUT2D eigenvalue weighted by molar-refractivity contribution is 6.31. The Labute approximate surface area is 127 Å². The topological polar surface area (TPSA) is 25.2 Å². The van der Waals surface area contributed by atoms with E-state index in [1.807, 2.05) is 49.4 Å². The Hall–Kier alpha value is -1.64. The highest BCUT2D eigenvalue weighted by Gasteiger charge is 2.12. The van der Waals surface area contributed by atoms with Crippen LogP contribution in [0.2, 0.25) is 10.2 Å². The van der Waals surface area contributed by atoms with Crippen LogP contribution in [0.3, 0.4) is 0 Å². The number of anilines is 1. The molecule has 0 aliphatic heterocycles. The lowest BCUT2D eigenvalue weighted by molar-refractivity contribution is 0.613. The first-order valence-electron chi connectivity index (χ1n) is 6.31. The van der Waals surface area contributed by atoms with Crippen LogP contribution in [0.5, 0.6) is 0 Å². The lowest BCUT2D eigenvalue weighted by Crippen LogP contribution is -2.01. The van der Waals surface area contributed by atoms with E-state index in [-0.39, 0.29) is 0 Å². The van der Waals surface area contributed by atoms with Crippen molar-refractivity contribution in [3.63, 3.8) is 0 Å². The fourth-order valence-corrected chi connectivity index (χ4v) is 2.64. The molecule has 3 rings (SSSR count). The smallest absolute Gasteiger partial charge is 0.199 e. The van der Waals surface area contributed by atoms with Crippen molar-refractivity contribution in [3.05, 3.63) is 63.8 Å². The van der Waals surface area contributed by atoms with E-state index in [0.717, 1.165) is 32.8 Å². The van der Waals surface area contributed by atoms with E-state index >= 15 is 0 Å². The summed E-state index contributed by atoms with van der Waals surface area (Å²) in [6.45, 7) is 2.58. The Kier molecular flexibility index (Phi) is 3.60. The third-order valence-corrected chi connectivity index (χ3v) is 4.09. The Morgan fingerprint density at radius 3 is 2.70 bits per heavy atom. The molecule has 0 aliphatic carbocycles. The molecule has 0 radical (unpaired) electrons. The zero-order chi connectivity index (χ0) is 14.1. The van der Waals surface area contributed by atoms with Crippen molar-refractivity contribution < 1.29 is 4.42 Å². The highest BCUT2D eigenvalue weighted by Crippen LogP contribution is 2.31. The summed E-state index contributed by atoms with van der Waals surface area (Å²) in [4.78, 5) is 0. The predicted octanol–water partition coefficient (Wildman–Crippen LogP) is 5.66. The maximum Gasteiger partial charge on any atom is 0.199 e. The molecule has 0 saturated carbocycles. The van der Waals surface area contributed by atoms with Gasteiger partial charge in [0, 0.05) is 28.2 Å². The molecule has 0 amide bonds. The number of fused-ring (bicyclic) bond motifs is 1. The maximum absolute atomic E-state index is 6.17. The zero-order valence-corrected chi connectivity index (χ0v) is 12.4. The van der Waals surface area contributed by atoms with Crippen LogP contribution >= 0.6 is 23.2 Å². The van der Waals surface area contributed by atoms with Crippen molar-refractivity contribution in [3.8, 4) is 0 Å². The van der Waals surface area contributed by atoms with Crippen LogP contribution in [0.25, 0.3) is 11.0 Å². The summed E-state index contributed by atoms with van der Waals surface area (Å²) in [5.74, 6) is 0. The molecule has 2 nitrogen and oxygen atoms in total. The SMILES string of the molecule is Cc1c(Cl)cccc1NCc1c(Cl)oc2ccccc12. The van der Waals surface area contributed by atoms with E-state index in [2.05, 4.69) is 5.32 Å². The molecule has 0 atom stereocenters. The van der Waals surface area contributed by atoms with Crippen LogP contribution in [0.4, 0.5) is 5.69 Å². The first-order chi connectivity index (χ1) is 9.66. The normalized spacial score (nSPS) is 10.9. The summed E-state index contributed by atoms with van der Waals surface area (Å²) in [6.07, 6.45) is 0. The second kappa shape index (κ2) is 5.39. The van der Waals surface area contributed by atoms with Gasteiger partial charge >= 0.3 is 0 Å². The van der Waals surface area contributed by atoms with E-state index in [9.17, 15) is 0 Å².